The Morgan fingerprint density at radius 3 is 2.23 bits per heavy atom. The van der Waals surface area contributed by atoms with Crippen molar-refractivity contribution in [3.63, 3.8) is 0 Å². The van der Waals surface area contributed by atoms with E-state index in [-0.39, 0.29) is 16.5 Å². The molecule has 3 rings (SSSR count). The summed E-state index contributed by atoms with van der Waals surface area (Å²) in [4.78, 5) is 49.8. The van der Waals surface area contributed by atoms with E-state index in [1.807, 2.05) is 6.92 Å². The molecule has 0 saturated heterocycles. The van der Waals surface area contributed by atoms with Gasteiger partial charge in [0.15, 0.2) is 0 Å². The largest absolute Gasteiger partial charge is 0.462 e. The summed E-state index contributed by atoms with van der Waals surface area (Å²) >= 11 is 6.20. The second kappa shape index (κ2) is 9.57. The minimum atomic E-state index is -0.647. The number of ether oxygens (including phenoxy) is 1. The van der Waals surface area contributed by atoms with Gasteiger partial charge in [-0.15, -0.1) is 0 Å². The first kappa shape index (κ1) is 22.2. The molecule has 2 aromatic rings. The molecule has 1 aliphatic rings. The number of nitrogens with one attached hydrogen (secondary N) is 1. The SMILES string of the molecule is CCCCOC(=O)c1ccc(N2C(=O)C(Cl)=C(c3ccc(NC(C)=O)cc3)C2=O)cc1. The molecule has 0 bridgehead atoms. The second-order valence-corrected chi connectivity index (χ2v) is 7.31. The third kappa shape index (κ3) is 4.83. The van der Waals surface area contributed by atoms with Gasteiger partial charge < -0.3 is 10.1 Å². The number of anilines is 2. The van der Waals surface area contributed by atoms with Gasteiger partial charge >= 0.3 is 5.97 Å². The Kier molecular flexibility index (Phi) is 6.87. The van der Waals surface area contributed by atoms with Crippen LogP contribution >= 0.6 is 11.6 Å². The zero-order valence-corrected chi connectivity index (χ0v) is 17.9. The summed E-state index contributed by atoms with van der Waals surface area (Å²) in [6.07, 6.45) is 1.69. The maximum Gasteiger partial charge on any atom is 0.338 e. The van der Waals surface area contributed by atoms with Gasteiger partial charge in [-0.2, -0.15) is 0 Å². The molecule has 31 heavy (non-hydrogen) atoms. The van der Waals surface area contributed by atoms with Crippen molar-refractivity contribution in [3.8, 4) is 0 Å². The smallest absolute Gasteiger partial charge is 0.338 e. The summed E-state index contributed by atoms with van der Waals surface area (Å²) in [6.45, 7) is 3.72. The highest BCUT2D eigenvalue weighted by atomic mass is 35.5. The zero-order valence-electron chi connectivity index (χ0n) is 17.1. The number of rotatable bonds is 7. The molecule has 0 fully saturated rings. The fourth-order valence-electron chi connectivity index (χ4n) is 3.05. The molecule has 0 aliphatic carbocycles. The second-order valence-electron chi connectivity index (χ2n) is 6.93. The third-order valence-electron chi connectivity index (χ3n) is 4.61. The van der Waals surface area contributed by atoms with E-state index < -0.39 is 17.8 Å². The van der Waals surface area contributed by atoms with Crippen LogP contribution in [0.1, 0.15) is 42.6 Å². The molecule has 2 aromatic carbocycles. The van der Waals surface area contributed by atoms with E-state index in [2.05, 4.69) is 5.32 Å². The van der Waals surface area contributed by atoms with Gasteiger partial charge in [0, 0.05) is 12.6 Å². The highest BCUT2D eigenvalue weighted by Gasteiger charge is 2.39. The number of halogens is 1. The highest BCUT2D eigenvalue weighted by molar-refractivity contribution is 6.60. The Morgan fingerprint density at radius 1 is 1.00 bits per heavy atom. The standard InChI is InChI=1S/C23H21ClN2O5/c1-3-4-13-31-23(30)16-7-11-18(12-8-16)26-21(28)19(20(24)22(26)29)15-5-9-17(10-6-15)25-14(2)27/h5-12H,3-4,13H2,1-2H3,(H,25,27). The number of imide groups is 1. The van der Waals surface area contributed by atoms with E-state index in [1.165, 1.54) is 31.2 Å². The molecule has 1 aliphatic heterocycles. The predicted molar refractivity (Wildman–Crippen MR) is 118 cm³/mol. The van der Waals surface area contributed by atoms with Crippen LogP contribution in [0.25, 0.3) is 5.57 Å². The Balaban J connectivity index is 1.79. The summed E-state index contributed by atoms with van der Waals surface area (Å²) in [6, 6.07) is 12.4. The molecule has 0 unspecified atom stereocenters. The number of unbranched alkanes of at least 4 members (excludes halogenated alkanes) is 1. The zero-order chi connectivity index (χ0) is 22.5. The predicted octanol–water partition coefficient (Wildman–Crippen LogP) is 4.13. The van der Waals surface area contributed by atoms with Gasteiger partial charge in [-0.1, -0.05) is 37.1 Å². The molecule has 8 heteroatoms. The van der Waals surface area contributed by atoms with Gasteiger partial charge in [-0.25, -0.2) is 9.69 Å². The third-order valence-corrected chi connectivity index (χ3v) is 4.96. The number of esters is 1. The van der Waals surface area contributed by atoms with Crippen LogP contribution < -0.4 is 10.2 Å². The summed E-state index contributed by atoms with van der Waals surface area (Å²) in [5.41, 5.74) is 1.71. The first-order valence-electron chi connectivity index (χ1n) is 9.77. The maximum absolute atomic E-state index is 13.0. The molecule has 0 aromatic heterocycles. The number of benzene rings is 2. The van der Waals surface area contributed by atoms with E-state index in [0.717, 1.165) is 17.7 Å². The van der Waals surface area contributed by atoms with Crippen LogP contribution in [0.5, 0.6) is 0 Å². The molecule has 1 heterocycles. The Labute approximate surface area is 184 Å². The molecule has 0 saturated carbocycles. The molecular weight excluding hydrogens is 420 g/mol. The van der Waals surface area contributed by atoms with Crippen molar-refractivity contribution < 1.29 is 23.9 Å². The fraction of sp³-hybridized carbons (Fsp3) is 0.217. The monoisotopic (exact) mass is 440 g/mol. The van der Waals surface area contributed by atoms with Crippen molar-refractivity contribution in [1.82, 2.24) is 0 Å². The number of hydrogen-bond donors (Lipinski definition) is 1. The van der Waals surface area contributed by atoms with Gasteiger partial charge in [0.05, 0.1) is 23.4 Å². The van der Waals surface area contributed by atoms with E-state index in [9.17, 15) is 19.2 Å². The number of nitrogens with zero attached hydrogens (tertiary/aromatic N) is 1. The number of hydrogen-bond acceptors (Lipinski definition) is 5. The van der Waals surface area contributed by atoms with Crippen molar-refractivity contribution in [2.75, 3.05) is 16.8 Å². The average Bonchev–Trinajstić information content (AvgIpc) is 2.97. The van der Waals surface area contributed by atoms with E-state index in [1.54, 1.807) is 24.3 Å². The van der Waals surface area contributed by atoms with E-state index >= 15 is 0 Å². The quantitative estimate of drug-likeness (QED) is 0.397. The molecule has 160 valence electrons. The summed E-state index contributed by atoms with van der Waals surface area (Å²) < 4.78 is 5.16. The fourth-order valence-corrected chi connectivity index (χ4v) is 3.32. The van der Waals surface area contributed by atoms with Crippen LogP contribution in [0.15, 0.2) is 53.6 Å². The first-order valence-corrected chi connectivity index (χ1v) is 10.1. The van der Waals surface area contributed by atoms with Gasteiger partial charge in [0.1, 0.15) is 5.03 Å². The first-order chi connectivity index (χ1) is 14.8. The van der Waals surface area contributed by atoms with Crippen molar-refractivity contribution >= 4 is 52.2 Å². The molecule has 7 nitrogen and oxygen atoms in total. The molecule has 0 atom stereocenters. The molecular formula is C23H21ClN2O5. The highest BCUT2D eigenvalue weighted by Crippen LogP contribution is 2.35. The lowest BCUT2D eigenvalue weighted by molar-refractivity contribution is -0.120. The normalized spacial score (nSPS) is 13.6. The van der Waals surface area contributed by atoms with Crippen LogP contribution in [-0.2, 0) is 19.1 Å². The van der Waals surface area contributed by atoms with Gasteiger partial charge in [0.2, 0.25) is 5.91 Å². The van der Waals surface area contributed by atoms with Crippen molar-refractivity contribution in [2.24, 2.45) is 0 Å². The molecule has 0 radical (unpaired) electrons. The topological polar surface area (TPSA) is 92.8 Å². The Hall–Kier alpha value is -3.45. The Morgan fingerprint density at radius 2 is 1.65 bits per heavy atom. The van der Waals surface area contributed by atoms with Gasteiger partial charge in [-0.05, 0) is 48.4 Å². The summed E-state index contributed by atoms with van der Waals surface area (Å²) in [7, 11) is 0. The molecule has 3 amide bonds. The lowest BCUT2D eigenvalue weighted by Crippen LogP contribution is -2.31. The van der Waals surface area contributed by atoms with Crippen molar-refractivity contribution in [2.45, 2.75) is 26.7 Å². The van der Waals surface area contributed by atoms with Crippen LogP contribution in [-0.4, -0.2) is 30.3 Å². The summed E-state index contributed by atoms with van der Waals surface area (Å²) in [5, 5.41) is 2.44. The van der Waals surface area contributed by atoms with Crippen molar-refractivity contribution in [3.05, 3.63) is 64.7 Å². The van der Waals surface area contributed by atoms with E-state index in [0.29, 0.717) is 29.1 Å². The van der Waals surface area contributed by atoms with Gasteiger partial charge in [-0.3, -0.25) is 14.4 Å². The number of carbonyl (C=O) groups is 4. The molecule has 0 spiro atoms. The van der Waals surface area contributed by atoms with Crippen molar-refractivity contribution in [1.29, 1.82) is 0 Å². The lowest BCUT2D eigenvalue weighted by atomic mass is 10.1. The minimum Gasteiger partial charge on any atom is -0.462 e. The number of amides is 3. The molecule has 1 N–H and O–H groups in total. The van der Waals surface area contributed by atoms with Crippen LogP contribution in [0, 0.1) is 0 Å². The maximum atomic E-state index is 13.0. The average molecular weight is 441 g/mol. The lowest BCUT2D eigenvalue weighted by Gasteiger charge is -2.15. The van der Waals surface area contributed by atoms with Crippen LogP contribution in [0.2, 0.25) is 0 Å². The summed E-state index contributed by atoms with van der Waals surface area (Å²) in [5.74, 6) is -1.90. The van der Waals surface area contributed by atoms with Crippen LogP contribution in [0.4, 0.5) is 11.4 Å². The van der Waals surface area contributed by atoms with Crippen LogP contribution in [0.3, 0.4) is 0 Å². The van der Waals surface area contributed by atoms with E-state index in [4.69, 9.17) is 16.3 Å². The minimum absolute atomic E-state index is 0.0732. The number of carbonyl (C=O) groups excluding carboxylic acids is 4. The Bertz CT molecular complexity index is 1060. The van der Waals surface area contributed by atoms with Gasteiger partial charge in [0.25, 0.3) is 11.8 Å².